The molecular weight excluding hydrogens is 451 g/mol. The van der Waals surface area contributed by atoms with E-state index in [9.17, 15) is 0 Å². The molecule has 0 aliphatic carbocycles. The number of ether oxygens (including phenoxy) is 1. The third kappa shape index (κ3) is 7.23. The average Bonchev–Trinajstić information content (AvgIpc) is 3.17. The second kappa shape index (κ2) is 11.9. The van der Waals surface area contributed by atoms with Crippen LogP contribution in [-0.2, 0) is 17.8 Å². The zero-order valence-electron chi connectivity index (χ0n) is 16.8. The van der Waals surface area contributed by atoms with Gasteiger partial charge in [0.2, 0.25) is 0 Å². The van der Waals surface area contributed by atoms with Gasteiger partial charge in [0.1, 0.15) is 0 Å². The number of hydrogen-bond acceptors (Lipinski definition) is 3. The predicted molar refractivity (Wildman–Crippen MR) is 123 cm³/mol. The lowest BCUT2D eigenvalue weighted by Gasteiger charge is -2.26. The smallest absolute Gasteiger partial charge is 0.193 e. The van der Waals surface area contributed by atoms with E-state index in [1.807, 2.05) is 7.05 Å². The minimum absolute atomic E-state index is 0. The van der Waals surface area contributed by atoms with Crippen molar-refractivity contribution in [3.63, 3.8) is 0 Å². The molecule has 0 bridgehead atoms. The van der Waals surface area contributed by atoms with E-state index < -0.39 is 0 Å². The topological polar surface area (TPSA) is 40.1 Å². The van der Waals surface area contributed by atoms with Crippen molar-refractivity contribution in [3.8, 4) is 0 Å². The van der Waals surface area contributed by atoms with Crippen molar-refractivity contribution in [2.75, 3.05) is 46.9 Å². The zero-order chi connectivity index (χ0) is 18.2. The van der Waals surface area contributed by atoms with Gasteiger partial charge >= 0.3 is 0 Å². The van der Waals surface area contributed by atoms with E-state index in [0.29, 0.717) is 5.92 Å². The maximum Gasteiger partial charge on any atom is 0.193 e. The Balaban J connectivity index is 0.00000261. The Morgan fingerprint density at radius 3 is 2.52 bits per heavy atom. The summed E-state index contributed by atoms with van der Waals surface area (Å²) in [4.78, 5) is 9.21. The molecule has 152 valence electrons. The van der Waals surface area contributed by atoms with Gasteiger partial charge in [0.05, 0.1) is 6.61 Å². The van der Waals surface area contributed by atoms with Gasteiger partial charge in [0.15, 0.2) is 5.96 Å². The molecule has 1 aromatic rings. The lowest BCUT2D eigenvalue weighted by Crippen LogP contribution is -2.41. The largest absolute Gasteiger partial charge is 0.381 e. The van der Waals surface area contributed by atoms with Gasteiger partial charge in [-0.05, 0) is 43.5 Å². The molecule has 1 atom stereocenters. The van der Waals surface area contributed by atoms with Crippen LogP contribution < -0.4 is 5.32 Å². The van der Waals surface area contributed by atoms with Crippen LogP contribution in [0.4, 0.5) is 0 Å². The van der Waals surface area contributed by atoms with E-state index in [2.05, 4.69) is 51.4 Å². The number of nitrogens with one attached hydrogen (secondary N) is 1. The van der Waals surface area contributed by atoms with E-state index in [1.165, 1.54) is 43.5 Å². The molecule has 27 heavy (non-hydrogen) atoms. The SMILES string of the molecule is CN=C(NCc1ccc(CN2CCCCC2)cc1)N(C)CC1CCOC1.I. The van der Waals surface area contributed by atoms with Crippen LogP contribution in [0.3, 0.4) is 0 Å². The number of nitrogens with zero attached hydrogens (tertiary/aromatic N) is 3. The van der Waals surface area contributed by atoms with Crippen LogP contribution in [-0.4, -0.2) is 62.7 Å². The highest BCUT2D eigenvalue weighted by atomic mass is 127. The van der Waals surface area contributed by atoms with Gasteiger partial charge in [0, 0.05) is 46.3 Å². The number of piperidine rings is 1. The first-order chi connectivity index (χ1) is 12.7. The minimum atomic E-state index is 0. The summed E-state index contributed by atoms with van der Waals surface area (Å²) < 4.78 is 5.48. The normalized spacial score (nSPS) is 21.0. The summed E-state index contributed by atoms with van der Waals surface area (Å²) in [6, 6.07) is 9.02. The van der Waals surface area contributed by atoms with Crippen molar-refractivity contribution in [3.05, 3.63) is 35.4 Å². The summed E-state index contributed by atoms with van der Waals surface area (Å²) in [6.45, 7) is 7.16. The van der Waals surface area contributed by atoms with Crippen LogP contribution in [0.1, 0.15) is 36.8 Å². The second-order valence-corrected chi connectivity index (χ2v) is 7.66. The fraction of sp³-hybridized carbons (Fsp3) is 0.667. The molecule has 0 saturated carbocycles. The molecule has 0 spiro atoms. The Bertz CT molecular complexity index is 566. The van der Waals surface area contributed by atoms with Crippen LogP contribution in [0.5, 0.6) is 0 Å². The molecule has 5 nitrogen and oxygen atoms in total. The van der Waals surface area contributed by atoms with Crippen molar-refractivity contribution in [1.29, 1.82) is 0 Å². The highest BCUT2D eigenvalue weighted by Gasteiger charge is 2.19. The standard InChI is InChI=1S/C21H34N4O.HI/c1-22-21(24(2)15-20-10-13-26-17-20)23-14-18-6-8-19(9-7-18)16-25-11-4-3-5-12-25;/h6-9,20H,3-5,10-17H2,1-2H3,(H,22,23);1H. The van der Waals surface area contributed by atoms with Gasteiger partial charge in [-0.25, -0.2) is 0 Å². The Kier molecular flexibility index (Phi) is 9.86. The van der Waals surface area contributed by atoms with Crippen LogP contribution in [0, 0.1) is 5.92 Å². The Morgan fingerprint density at radius 1 is 1.19 bits per heavy atom. The molecule has 1 unspecified atom stereocenters. The van der Waals surface area contributed by atoms with Crippen LogP contribution in [0.2, 0.25) is 0 Å². The van der Waals surface area contributed by atoms with Gasteiger partial charge in [-0.1, -0.05) is 30.7 Å². The molecule has 1 N–H and O–H groups in total. The van der Waals surface area contributed by atoms with E-state index in [4.69, 9.17) is 4.74 Å². The maximum absolute atomic E-state index is 5.48. The average molecular weight is 486 g/mol. The fourth-order valence-corrected chi connectivity index (χ4v) is 3.91. The number of halogens is 1. The monoisotopic (exact) mass is 486 g/mol. The minimum Gasteiger partial charge on any atom is -0.381 e. The Labute approximate surface area is 181 Å². The fourth-order valence-electron chi connectivity index (χ4n) is 3.91. The quantitative estimate of drug-likeness (QED) is 0.381. The number of guanidine groups is 1. The van der Waals surface area contributed by atoms with Gasteiger partial charge < -0.3 is 15.0 Å². The summed E-state index contributed by atoms with van der Waals surface area (Å²) in [5, 5.41) is 3.48. The van der Waals surface area contributed by atoms with Crippen molar-refractivity contribution in [2.45, 2.75) is 38.8 Å². The molecule has 2 heterocycles. The number of benzene rings is 1. The lowest BCUT2D eigenvalue weighted by atomic mass is 10.1. The van der Waals surface area contributed by atoms with Crippen LogP contribution >= 0.6 is 24.0 Å². The van der Waals surface area contributed by atoms with Crippen molar-refractivity contribution in [2.24, 2.45) is 10.9 Å². The molecule has 2 saturated heterocycles. The van der Waals surface area contributed by atoms with E-state index in [-0.39, 0.29) is 24.0 Å². The number of likely N-dealkylation sites (tertiary alicyclic amines) is 1. The highest BCUT2D eigenvalue weighted by Crippen LogP contribution is 2.15. The number of rotatable bonds is 6. The third-order valence-corrected chi connectivity index (χ3v) is 5.46. The molecule has 0 aromatic heterocycles. The summed E-state index contributed by atoms with van der Waals surface area (Å²) in [5.41, 5.74) is 2.71. The van der Waals surface area contributed by atoms with E-state index in [1.54, 1.807) is 0 Å². The molecule has 3 rings (SSSR count). The van der Waals surface area contributed by atoms with Crippen LogP contribution in [0.25, 0.3) is 0 Å². The molecule has 2 aliphatic heterocycles. The van der Waals surface area contributed by atoms with E-state index >= 15 is 0 Å². The molecule has 1 aromatic carbocycles. The third-order valence-electron chi connectivity index (χ3n) is 5.46. The summed E-state index contributed by atoms with van der Waals surface area (Å²) in [7, 11) is 3.96. The number of aliphatic imine (C=N–C) groups is 1. The molecule has 0 radical (unpaired) electrons. The first-order valence-electron chi connectivity index (χ1n) is 10.0. The summed E-state index contributed by atoms with van der Waals surface area (Å²) >= 11 is 0. The van der Waals surface area contributed by atoms with E-state index in [0.717, 1.165) is 45.2 Å². The van der Waals surface area contributed by atoms with Gasteiger partial charge in [-0.2, -0.15) is 0 Å². The molecular formula is C21H35IN4O. The maximum atomic E-state index is 5.48. The van der Waals surface area contributed by atoms with Gasteiger partial charge in [0.25, 0.3) is 0 Å². The Morgan fingerprint density at radius 2 is 1.89 bits per heavy atom. The Hall–Kier alpha value is -0.860. The number of hydrogen-bond donors (Lipinski definition) is 1. The van der Waals surface area contributed by atoms with Crippen molar-refractivity contribution >= 4 is 29.9 Å². The first kappa shape index (κ1) is 22.4. The van der Waals surface area contributed by atoms with Crippen molar-refractivity contribution in [1.82, 2.24) is 15.1 Å². The highest BCUT2D eigenvalue weighted by molar-refractivity contribution is 14.0. The summed E-state index contributed by atoms with van der Waals surface area (Å²) in [6.07, 6.45) is 5.24. The second-order valence-electron chi connectivity index (χ2n) is 7.66. The molecule has 2 aliphatic rings. The molecule has 0 amide bonds. The molecule has 2 fully saturated rings. The summed E-state index contributed by atoms with van der Waals surface area (Å²) in [5.74, 6) is 1.57. The molecule has 6 heteroatoms. The van der Waals surface area contributed by atoms with Crippen molar-refractivity contribution < 1.29 is 4.74 Å². The van der Waals surface area contributed by atoms with Gasteiger partial charge in [-0.15, -0.1) is 24.0 Å². The predicted octanol–water partition coefficient (Wildman–Crippen LogP) is 3.33. The first-order valence-corrected chi connectivity index (χ1v) is 10.0. The van der Waals surface area contributed by atoms with Crippen LogP contribution in [0.15, 0.2) is 29.3 Å². The lowest BCUT2D eigenvalue weighted by molar-refractivity contribution is 0.181. The van der Waals surface area contributed by atoms with Gasteiger partial charge in [-0.3, -0.25) is 9.89 Å². The zero-order valence-corrected chi connectivity index (χ0v) is 19.2.